The van der Waals surface area contributed by atoms with Gasteiger partial charge in [-0.2, -0.15) is 0 Å². The molecule has 1 saturated carbocycles. The Hall–Kier alpha value is 0.0500. The molecule has 0 unspecified atom stereocenters. The summed E-state index contributed by atoms with van der Waals surface area (Å²) in [6.45, 7) is 3.77. The van der Waals surface area contributed by atoms with Crippen LogP contribution in [0, 0.1) is 5.92 Å². The molecule has 2 heteroatoms. The van der Waals surface area contributed by atoms with E-state index in [2.05, 4.69) is 6.58 Å². The minimum absolute atomic E-state index is 0.696. The minimum atomic E-state index is 0.696. The van der Waals surface area contributed by atoms with Crippen LogP contribution in [-0.4, -0.2) is 5.25 Å². The Morgan fingerprint density at radius 3 is 2.82 bits per heavy atom. The van der Waals surface area contributed by atoms with E-state index in [1.165, 1.54) is 25.7 Å². The normalized spacial score (nSPS) is 31.7. The molecular weight excluding hydrogens is 154 g/mol. The standard InChI is InChI=1S/C9H17NS/c1-2-5-8-6-3-4-7-9(8)11-10/h2,8-9H,1,3-7,10H2/t8-,9-/m1/s1. The van der Waals surface area contributed by atoms with E-state index in [-0.39, 0.29) is 0 Å². The molecule has 64 valence electrons. The number of hydrogen-bond donors (Lipinski definition) is 1. The maximum atomic E-state index is 5.61. The minimum Gasteiger partial charge on any atom is -0.278 e. The fourth-order valence-corrected chi connectivity index (χ4v) is 2.61. The van der Waals surface area contributed by atoms with Crippen molar-refractivity contribution in [2.45, 2.75) is 37.4 Å². The summed E-state index contributed by atoms with van der Waals surface area (Å²) in [7, 11) is 0. The van der Waals surface area contributed by atoms with Gasteiger partial charge in [-0.1, -0.05) is 30.9 Å². The lowest BCUT2D eigenvalue weighted by molar-refractivity contribution is 0.374. The lowest BCUT2D eigenvalue weighted by atomic mass is 9.86. The molecule has 0 radical (unpaired) electrons. The van der Waals surface area contributed by atoms with Crippen molar-refractivity contribution in [3.63, 3.8) is 0 Å². The number of nitrogens with two attached hydrogens (primary N) is 1. The van der Waals surface area contributed by atoms with Crippen LogP contribution in [0.25, 0.3) is 0 Å². The molecule has 1 nitrogen and oxygen atoms in total. The van der Waals surface area contributed by atoms with Gasteiger partial charge >= 0.3 is 0 Å². The molecule has 1 aliphatic carbocycles. The second-order valence-corrected chi connectivity index (χ2v) is 4.12. The Morgan fingerprint density at radius 1 is 1.45 bits per heavy atom. The SMILES string of the molecule is C=CC[C@@H]1CCCC[C@H]1SN. The predicted octanol–water partition coefficient (Wildman–Crippen LogP) is 2.73. The summed E-state index contributed by atoms with van der Waals surface area (Å²) in [6.07, 6.45) is 8.58. The van der Waals surface area contributed by atoms with Crippen LogP contribution in [0.5, 0.6) is 0 Å². The van der Waals surface area contributed by atoms with E-state index < -0.39 is 0 Å². The van der Waals surface area contributed by atoms with Gasteiger partial charge < -0.3 is 0 Å². The summed E-state index contributed by atoms with van der Waals surface area (Å²) in [5.74, 6) is 0.802. The van der Waals surface area contributed by atoms with Gasteiger partial charge in [-0.05, 0) is 25.2 Å². The Morgan fingerprint density at radius 2 is 2.18 bits per heavy atom. The highest BCUT2D eigenvalue weighted by molar-refractivity contribution is 7.97. The molecule has 0 aromatic carbocycles. The van der Waals surface area contributed by atoms with E-state index in [4.69, 9.17) is 5.14 Å². The van der Waals surface area contributed by atoms with Crippen LogP contribution in [-0.2, 0) is 0 Å². The molecule has 0 aliphatic heterocycles. The van der Waals surface area contributed by atoms with Crippen molar-refractivity contribution in [1.82, 2.24) is 0 Å². The third-order valence-electron chi connectivity index (χ3n) is 2.48. The van der Waals surface area contributed by atoms with Gasteiger partial charge in [0.1, 0.15) is 0 Å². The van der Waals surface area contributed by atoms with Gasteiger partial charge in [0.25, 0.3) is 0 Å². The number of hydrogen-bond acceptors (Lipinski definition) is 2. The molecule has 0 aromatic rings. The maximum absolute atomic E-state index is 5.61. The summed E-state index contributed by atoms with van der Waals surface area (Å²) in [4.78, 5) is 0. The quantitative estimate of drug-likeness (QED) is 0.522. The third kappa shape index (κ3) is 2.53. The van der Waals surface area contributed by atoms with Crippen LogP contribution in [0.1, 0.15) is 32.1 Å². The van der Waals surface area contributed by atoms with E-state index >= 15 is 0 Å². The Kier molecular flexibility index (Phi) is 4.02. The number of rotatable bonds is 3. The number of allylic oxidation sites excluding steroid dienone is 1. The molecule has 0 amide bonds. The monoisotopic (exact) mass is 171 g/mol. The molecular formula is C9H17NS. The van der Waals surface area contributed by atoms with Gasteiger partial charge in [0.15, 0.2) is 0 Å². The van der Waals surface area contributed by atoms with E-state index in [0.717, 1.165) is 12.3 Å². The second-order valence-electron chi connectivity index (χ2n) is 3.24. The van der Waals surface area contributed by atoms with E-state index in [9.17, 15) is 0 Å². The molecule has 0 saturated heterocycles. The lowest BCUT2D eigenvalue weighted by Gasteiger charge is -2.28. The van der Waals surface area contributed by atoms with Crippen LogP contribution in [0.2, 0.25) is 0 Å². The average Bonchev–Trinajstić information content (AvgIpc) is 2.06. The fourth-order valence-electron chi connectivity index (χ4n) is 1.84. The third-order valence-corrected chi connectivity index (χ3v) is 3.45. The van der Waals surface area contributed by atoms with Crippen molar-refractivity contribution < 1.29 is 0 Å². The van der Waals surface area contributed by atoms with Gasteiger partial charge in [0.05, 0.1) is 0 Å². The maximum Gasteiger partial charge on any atom is 0.0221 e. The first kappa shape index (κ1) is 9.14. The van der Waals surface area contributed by atoms with Crippen molar-refractivity contribution in [3.8, 4) is 0 Å². The first-order chi connectivity index (χ1) is 5.38. The second kappa shape index (κ2) is 4.83. The zero-order chi connectivity index (χ0) is 8.10. The largest absolute Gasteiger partial charge is 0.278 e. The molecule has 1 fully saturated rings. The van der Waals surface area contributed by atoms with Crippen LogP contribution in [0.15, 0.2) is 12.7 Å². The molecule has 0 heterocycles. The first-order valence-corrected chi connectivity index (χ1v) is 5.29. The zero-order valence-corrected chi connectivity index (χ0v) is 7.78. The highest BCUT2D eigenvalue weighted by Gasteiger charge is 2.23. The predicted molar refractivity (Wildman–Crippen MR) is 52.3 cm³/mol. The summed E-state index contributed by atoms with van der Waals surface area (Å²) in [5, 5.41) is 6.30. The zero-order valence-electron chi connectivity index (χ0n) is 6.96. The van der Waals surface area contributed by atoms with E-state index in [1.54, 1.807) is 11.9 Å². The summed E-state index contributed by atoms with van der Waals surface area (Å²) >= 11 is 1.55. The van der Waals surface area contributed by atoms with Gasteiger partial charge in [0.2, 0.25) is 0 Å². The van der Waals surface area contributed by atoms with Crippen LogP contribution < -0.4 is 5.14 Å². The van der Waals surface area contributed by atoms with Crippen LogP contribution >= 0.6 is 11.9 Å². The van der Waals surface area contributed by atoms with Crippen LogP contribution in [0.3, 0.4) is 0 Å². The molecule has 0 spiro atoms. The van der Waals surface area contributed by atoms with Gasteiger partial charge in [0, 0.05) is 5.25 Å². The van der Waals surface area contributed by atoms with Crippen molar-refractivity contribution in [3.05, 3.63) is 12.7 Å². The van der Waals surface area contributed by atoms with E-state index in [1.807, 2.05) is 6.08 Å². The summed E-state index contributed by atoms with van der Waals surface area (Å²) < 4.78 is 0. The van der Waals surface area contributed by atoms with Crippen molar-refractivity contribution in [2.75, 3.05) is 0 Å². The molecule has 2 N–H and O–H groups in total. The van der Waals surface area contributed by atoms with Crippen molar-refractivity contribution in [2.24, 2.45) is 11.1 Å². The summed E-state index contributed by atoms with van der Waals surface area (Å²) in [6, 6.07) is 0. The molecule has 1 aliphatic rings. The molecule has 2 atom stereocenters. The average molecular weight is 171 g/mol. The highest BCUT2D eigenvalue weighted by atomic mass is 32.2. The highest BCUT2D eigenvalue weighted by Crippen LogP contribution is 2.33. The Balaban J connectivity index is 2.37. The smallest absolute Gasteiger partial charge is 0.0221 e. The summed E-state index contributed by atoms with van der Waals surface area (Å²) in [5.41, 5.74) is 0. The molecule has 0 bridgehead atoms. The van der Waals surface area contributed by atoms with E-state index in [0.29, 0.717) is 5.25 Å². The molecule has 11 heavy (non-hydrogen) atoms. The lowest BCUT2D eigenvalue weighted by Crippen LogP contribution is -2.22. The van der Waals surface area contributed by atoms with Gasteiger partial charge in [-0.15, -0.1) is 6.58 Å². The Bertz CT molecular complexity index is 125. The Labute approximate surface area is 73.6 Å². The van der Waals surface area contributed by atoms with Gasteiger partial charge in [-0.25, -0.2) is 0 Å². The first-order valence-electron chi connectivity index (χ1n) is 4.35. The van der Waals surface area contributed by atoms with Gasteiger partial charge in [-0.3, -0.25) is 5.14 Å². The molecule has 1 rings (SSSR count). The van der Waals surface area contributed by atoms with Crippen molar-refractivity contribution in [1.29, 1.82) is 0 Å². The topological polar surface area (TPSA) is 26.0 Å². The van der Waals surface area contributed by atoms with Crippen molar-refractivity contribution >= 4 is 11.9 Å². The fraction of sp³-hybridized carbons (Fsp3) is 0.778. The van der Waals surface area contributed by atoms with Crippen LogP contribution in [0.4, 0.5) is 0 Å². The molecule has 0 aromatic heterocycles.